The van der Waals surface area contributed by atoms with Gasteiger partial charge in [-0.3, -0.25) is 0 Å². The predicted octanol–water partition coefficient (Wildman–Crippen LogP) is 11.3. The highest BCUT2D eigenvalue weighted by atomic mass is 15.1. The molecule has 0 unspecified atom stereocenters. The van der Waals surface area contributed by atoms with Crippen molar-refractivity contribution in [3.05, 3.63) is 209 Å². The molecule has 0 saturated carbocycles. The highest BCUT2D eigenvalue weighted by Gasteiger charge is 2.45. The van der Waals surface area contributed by atoms with Crippen molar-refractivity contribution in [2.24, 2.45) is 0 Å². The van der Waals surface area contributed by atoms with Crippen molar-refractivity contribution in [2.75, 3.05) is 11.4 Å². The van der Waals surface area contributed by atoms with Crippen LogP contribution in [-0.4, -0.2) is 6.54 Å². The molecule has 0 aliphatic heterocycles. The summed E-state index contributed by atoms with van der Waals surface area (Å²) in [5.41, 5.74) is 18.5. The molecule has 230 valence electrons. The van der Waals surface area contributed by atoms with Gasteiger partial charge in [-0.2, -0.15) is 0 Å². The van der Waals surface area contributed by atoms with E-state index < -0.39 is 0 Å². The zero-order chi connectivity index (χ0) is 32.1. The van der Waals surface area contributed by atoms with Crippen LogP contribution in [0.15, 0.2) is 170 Å². The van der Waals surface area contributed by atoms with Crippen LogP contribution in [0.3, 0.4) is 0 Å². The normalized spacial score (nSPS) is 13.4. The first-order valence-electron chi connectivity index (χ1n) is 17.2. The van der Waals surface area contributed by atoms with E-state index in [2.05, 4.69) is 182 Å². The molecule has 7 aromatic carbocycles. The third-order valence-electron chi connectivity index (χ3n) is 10.7. The van der Waals surface area contributed by atoms with E-state index in [1.807, 2.05) is 0 Å². The highest BCUT2D eigenvalue weighted by Crippen LogP contribution is 2.56. The first kappa shape index (κ1) is 28.6. The van der Waals surface area contributed by atoms with Crippen molar-refractivity contribution in [3.63, 3.8) is 0 Å². The average Bonchev–Trinajstić information content (AvgIpc) is 3.69. The van der Waals surface area contributed by atoms with E-state index in [-0.39, 0.29) is 5.41 Å². The van der Waals surface area contributed by atoms with Gasteiger partial charge in [0.2, 0.25) is 0 Å². The fourth-order valence-electron chi connectivity index (χ4n) is 8.48. The van der Waals surface area contributed by atoms with Crippen molar-refractivity contribution in [2.45, 2.75) is 25.3 Å². The number of nitrogens with zero attached hydrogens (tertiary/aromatic N) is 1. The average molecular weight is 616 g/mol. The number of hydrogen-bond donors (Lipinski definition) is 0. The van der Waals surface area contributed by atoms with Gasteiger partial charge < -0.3 is 4.90 Å². The molecule has 1 nitrogen and oxygen atoms in total. The van der Waals surface area contributed by atoms with Crippen LogP contribution in [-0.2, 0) is 18.4 Å². The summed E-state index contributed by atoms with van der Waals surface area (Å²) in [5, 5.41) is 0. The summed E-state index contributed by atoms with van der Waals surface area (Å²) in [6, 6.07) is 63.1. The van der Waals surface area contributed by atoms with Gasteiger partial charge in [0.05, 0.1) is 5.41 Å². The van der Waals surface area contributed by atoms with Gasteiger partial charge >= 0.3 is 0 Å². The summed E-state index contributed by atoms with van der Waals surface area (Å²) < 4.78 is 0. The Hall–Kier alpha value is -5.66. The maximum Gasteiger partial charge on any atom is 0.0713 e. The van der Waals surface area contributed by atoms with E-state index in [1.54, 1.807) is 0 Å². The van der Waals surface area contributed by atoms with Crippen molar-refractivity contribution in [1.29, 1.82) is 0 Å². The molecule has 0 atom stereocenters. The van der Waals surface area contributed by atoms with E-state index in [0.717, 1.165) is 19.5 Å². The molecule has 0 N–H and O–H groups in total. The van der Waals surface area contributed by atoms with Crippen LogP contribution in [0, 0.1) is 0 Å². The van der Waals surface area contributed by atoms with Crippen molar-refractivity contribution in [1.82, 2.24) is 0 Å². The Kier molecular flexibility index (Phi) is 6.87. The zero-order valence-corrected chi connectivity index (χ0v) is 27.2. The van der Waals surface area contributed by atoms with Gasteiger partial charge in [0, 0.05) is 18.8 Å². The summed E-state index contributed by atoms with van der Waals surface area (Å²) >= 11 is 0. The number of anilines is 1. The Morgan fingerprint density at radius 2 is 1.10 bits per heavy atom. The molecular weight excluding hydrogens is 579 g/mol. The van der Waals surface area contributed by atoms with Gasteiger partial charge in [0.25, 0.3) is 0 Å². The summed E-state index contributed by atoms with van der Waals surface area (Å²) in [6.07, 6.45) is 1.00. The van der Waals surface area contributed by atoms with E-state index >= 15 is 0 Å². The van der Waals surface area contributed by atoms with Crippen LogP contribution >= 0.6 is 0 Å². The highest BCUT2D eigenvalue weighted by molar-refractivity contribution is 5.87. The molecule has 0 aromatic heterocycles. The lowest BCUT2D eigenvalue weighted by atomic mass is 9.67. The molecular formula is C47H37N. The Morgan fingerprint density at radius 1 is 0.500 bits per heavy atom. The van der Waals surface area contributed by atoms with E-state index in [0.29, 0.717) is 0 Å². The standard InChI is InChI=1S/C47H37N/c1-2-48(38-27-25-34(26-28-38)39-21-13-22-41-40-19-10-9-14-35(40)31-43(39)41)32-33-24-29-46-44(30-33)42-20-11-12-23-45(42)47(46,36-15-5-3-6-16-36)37-17-7-4-8-18-37/h3-30H,2,31-32H2,1H3. The largest absolute Gasteiger partial charge is 0.367 e. The number of rotatable bonds is 7. The van der Waals surface area contributed by atoms with Gasteiger partial charge in [-0.25, -0.2) is 0 Å². The van der Waals surface area contributed by atoms with Gasteiger partial charge in [-0.15, -0.1) is 0 Å². The first-order chi connectivity index (χ1) is 23.8. The summed E-state index contributed by atoms with van der Waals surface area (Å²) in [5.74, 6) is 0. The predicted molar refractivity (Wildman–Crippen MR) is 201 cm³/mol. The van der Waals surface area contributed by atoms with Crippen molar-refractivity contribution >= 4 is 5.69 Å². The first-order valence-corrected chi connectivity index (χ1v) is 17.2. The molecule has 0 amide bonds. The van der Waals surface area contributed by atoms with E-state index in [1.165, 1.54) is 78.0 Å². The van der Waals surface area contributed by atoms with Crippen molar-refractivity contribution in [3.8, 4) is 33.4 Å². The van der Waals surface area contributed by atoms with Crippen LogP contribution in [0.5, 0.6) is 0 Å². The Bertz CT molecular complexity index is 2220. The molecule has 0 heterocycles. The molecule has 48 heavy (non-hydrogen) atoms. The van der Waals surface area contributed by atoms with Crippen LogP contribution < -0.4 is 4.90 Å². The molecule has 1 heteroatoms. The lowest BCUT2D eigenvalue weighted by Crippen LogP contribution is -2.28. The van der Waals surface area contributed by atoms with Crippen LogP contribution in [0.1, 0.15) is 45.9 Å². The smallest absolute Gasteiger partial charge is 0.0713 e. The Morgan fingerprint density at radius 3 is 1.83 bits per heavy atom. The SMILES string of the molecule is CCN(Cc1ccc2c(c1)-c1ccccc1C2(c1ccccc1)c1ccccc1)c1ccc(-c2cccc3c2Cc2ccccc2-3)cc1. The Labute approximate surface area is 283 Å². The second kappa shape index (κ2) is 11.5. The molecule has 0 radical (unpaired) electrons. The quantitative estimate of drug-likeness (QED) is 0.172. The molecule has 0 bridgehead atoms. The molecule has 7 aromatic rings. The molecule has 2 aliphatic carbocycles. The maximum atomic E-state index is 2.49. The zero-order valence-electron chi connectivity index (χ0n) is 27.2. The van der Waals surface area contributed by atoms with E-state index in [4.69, 9.17) is 0 Å². The second-order valence-electron chi connectivity index (χ2n) is 13.1. The lowest BCUT2D eigenvalue weighted by molar-refractivity contribution is 0.767. The third-order valence-corrected chi connectivity index (χ3v) is 10.7. The molecule has 0 spiro atoms. The minimum absolute atomic E-state index is 0.355. The van der Waals surface area contributed by atoms with Gasteiger partial charge in [-0.05, 0) is 104 Å². The fraction of sp³-hybridized carbons (Fsp3) is 0.106. The summed E-state index contributed by atoms with van der Waals surface area (Å²) in [7, 11) is 0. The molecule has 0 saturated heterocycles. The monoisotopic (exact) mass is 615 g/mol. The fourth-order valence-corrected chi connectivity index (χ4v) is 8.48. The minimum atomic E-state index is -0.355. The second-order valence-corrected chi connectivity index (χ2v) is 13.1. The summed E-state index contributed by atoms with van der Waals surface area (Å²) in [6.45, 7) is 4.04. The van der Waals surface area contributed by atoms with Crippen molar-refractivity contribution < 1.29 is 0 Å². The van der Waals surface area contributed by atoms with Gasteiger partial charge in [-0.1, -0.05) is 152 Å². The number of fused-ring (bicyclic) bond motifs is 6. The van der Waals surface area contributed by atoms with Crippen LogP contribution in [0.4, 0.5) is 5.69 Å². The van der Waals surface area contributed by atoms with Crippen LogP contribution in [0.2, 0.25) is 0 Å². The maximum absolute atomic E-state index is 2.49. The topological polar surface area (TPSA) is 3.24 Å². The van der Waals surface area contributed by atoms with Gasteiger partial charge in [0.15, 0.2) is 0 Å². The molecule has 0 fully saturated rings. The number of benzene rings is 7. The minimum Gasteiger partial charge on any atom is -0.367 e. The van der Waals surface area contributed by atoms with E-state index in [9.17, 15) is 0 Å². The molecule has 9 rings (SSSR count). The third kappa shape index (κ3) is 4.38. The number of hydrogen-bond acceptors (Lipinski definition) is 1. The summed E-state index contributed by atoms with van der Waals surface area (Å²) in [4.78, 5) is 2.49. The van der Waals surface area contributed by atoms with Crippen LogP contribution in [0.25, 0.3) is 33.4 Å². The molecule has 2 aliphatic rings. The Balaban J connectivity index is 1.06. The lowest BCUT2D eigenvalue weighted by Gasteiger charge is -2.34. The van der Waals surface area contributed by atoms with Gasteiger partial charge in [0.1, 0.15) is 0 Å².